The van der Waals surface area contributed by atoms with E-state index >= 15 is 0 Å². The standard InChI is InChI=1S/C20H35NO4/c1-2-3-4-5-11-14-17-20(23)19(21(24)25)16-13-10-8-6-7-9-12-15-18-22/h6-7,10,13,18-20,23H,2-5,8-9,11-12,14-17H2,1H3/b7-6-,13-10-. The first-order valence-corrected chi connectivity index (χ1v) is 9.68. The van der Waals surface area contributed by atoms with Gasteiger partial charge in [0.25, 0.3) is 0 Å². The second-order valence-electron chi connectivity index (χ2n) is 6.49. The molecule has 1 N–H and O–H groups in total. The van der Waals surface area contributed by atoms with Crippen LogP contribution in [-0.4, -0.2) is 28.5 Å². The molecule has 0 fully saturated rings. The molecule has 0 aromatic carbocycles. The van der Waals surface area contributed by atoms with Crippen LogP contribution in [0.5, 0.6) is 0 Å². The molecule has 2 atom stereocenters. The number of nitrogens with zero attached hydrogens (tertiary/aromatic N) is 1. The molecule has 0 aromatic heterocycles. The van der Waals surface area contributed by atoms with E-state index < -0.39 is 12.1 Å². The molecular weight excluding hydrogens is 318 g/mol. The number of nitro groups is 1. The molecule has 25 heavy (non-hydrogen) atoms. The lowest BCUT2D eigenvalue weighted by Gasteiger charge is -2.14. The second kappa shape index (κ2) is 17.3. The molecule has 0 amide bonds. The Hall–Kier alpha value is -1.49. The summed E-state index contributed by atoms with van der Waals surface area (Å²) >= 11 is 0. The molecule has 0 saturated heterocycles. The summed E-state index contributed by atoms with van der Waals surface area (Å²) in [7, 11) is 0. The zero-order valence-electron chi connectivity index (χ0n) is 15.6. The van der Waals surface area contributed by atoms with Crippen LogP contribution < -0.4 is 0 Å². The van der Waals surface area contributed by atoms with Gasteiger partial charge in [-0.15, -0.1) is 0 Å². The minimum atomic E-state index is -0.913. The van der Waals surface area contributed by atoms with Gasteiger partial charge in [-0.3, -0.25) is 10.1 Å². The number of rotatable bonds is 17. The molecule has 0 heterocycles. The first-order chi connectivity index (χ1) is 12.1. The lowest BCUT2D eigenvalue weighted by Crippen LogP contribution is -2.33. The summed E-state index contributed by atoms with van der Waals surface area (Å²) in [4.78, 5) is 21.0. The van der Waals surface area contributed by atoms with Crippen LogP contribution in [0.25, 0.3) is 0 Å². The molecule has 0 aliphatic heterocycles. The Balaban J connectivity index is 3.96. The van der Waals surface area contributed by atoms with Crippen LogP contribution in [0.15, 0.2) is 24.3 Å². The maximum atomic E-state index is 11.2. The molecule has 2 unspecified atom stereocenters. The average molecular weight is 354 g/mol. The third-order valence-electron chi connectivity index (χ3n) is 4.24. The van der Waals surface area contributed by atoms with Gasteiger partial charge >= 0.3 is 0 Å². The van der Waals surface area contributed by atoms with E-state index in [1.807, 2.05) is 18.2 Å². The molecule has 0 bridgehead atoms. The average Bonchev–Trinajstić information content (AvgIpc) is 2.59. The number of carbonyl (C=O) groups excluding carboxylic acids is 1. The van der Waals surface area contributed by atoms with Gasteiger partial charge < -0.3 is 9.90 Å². The van der Waals surface area contributed by atoms with Crippen LogP contribution in [0.2, 0.25) is 0 Å². The van der Waals surface area contributed by atoms with Gasteiger partial charge in [-0.05, 0) is 25.7 Å². The highest BCUT2D eigenvalue weighted by atomic mass is 16.6. The highest BCUT2D eigenvalue weighted by Crippen LogP contribution is 2.14. The van der Waals surface area contributed by atoms with Crippen LogP contribution in [0, 0.1) is 10.1 Å². The van der Waals surface area contributed by atoms with Crippen molar-refractivity contribution in [3.05, 3.63) is 34.4 Å². The number of unbranched alkanes of at least 4 members (excludes halogenated alkanes) is 7. The fourth-order valence-corrected chi connectivity index (χ4v) is 2.65. The number of carbonyl (C=O) groups is 1. The van der Waals surface area contributed by atoms with E-state index in [4.69, 9.17) is 0 Å². The van der Waals surface area contributed by atoms with E-state index in [2.05, 4.69) is 6.92 Å². The predicted octanol–water partition coefficient (Wildman–Crippen LogP) is 5.01. The highest BCUT2D eigenvalue weighted by Gasteiger charge is 2.27. The fourth-order valence-electron chi connectivity index (χ4n) is 2.65. The summed E-state index contributed by atoms with van der Waals surface area (Å²) in [5, 5.41) is 21.2. The number of hydrogen-bond donors (Lipinski definition) is 1. The minimum absolute atomic E-state index is 0.267. The van der Waals surface area contributed by atoms with Gasteiger partial charge in [-0.25, -0.2) is 0 Å². The van der Waals surface area contributed by atoms with Gasteiger partial charge in [0.15, 0.2) is 0 Å². The lowest BCUT2D eigenvalue weighted by molar-refractivity contribution is -0.533. The van der Waals surface area contributed by atoms with Crippen molar-refractivity contribution >= 4 is 6.29 Å². The lowest BCUT2D eigenvalue weighted by atomic mass is 10.0. The maximum Gasteiger partial charge on any atom is 0.241 e. The van der Waals surface area contributed by atoms with Crippen LogP contribution in [-0.2, 0) is 4.79 Å². The molecule has 0 aliphatic rings. The molecule has 5 heteroatoms. The molecule has 0 rings (SSSR count). The van der Waals surface area contributed by atoms with Crippen molar-refractivity contribution in [2.24, 2.45) is 0 Å². The van der Waals surface area contributed by atoms with E-state index in [1.54, 1.807) is 6.08 Å². The molecule has 0 saturated carbocycles. The molecule has 0 radical (unpaired) electrons. The number of aldehydes is 1. The molecule has 0 aromatic rings. The molecule has 144 valence electrons. The Morgan fingerprint density at radius 2 is 1.64 bits per heavy atom. The first-order valence-electron chi connectivity index (χ1n) is 9.68. The summed E-state index contributed by atoms with van der Waals surface area (Å²) < 4.78 is 0. The summed E-state index contributed by atoms with van der Waals surface area (Å²) in [5.41, 5.74) is 0. The van der Waals surface area contributed by atoms with E-state index in [1.165, 1.54) is 19.3 Å². The third-order valence-corrected chi connectivity index (χ3v) is 4.24. The summed E-state index contributed by atoms with van der Waals surface area (Å²) in [6, 6.07) is -0.913. The van der Waals surface area contributed by atoms with Gasteiger partial charge in [-0.2, -0.15) is 0 Å². The van der Waals surface area contributed by atoms with Crippen molar-refractivity contribution in [2.75, 3.05) is 0 Å². The van der Waals surface area contributed by atoms with Crippen molar-refractivity contribution in [2.45, 2.75) is 96.1 Å². The highest BCUT2D eigenvalue weighted by molar-refractivity contribution is 5.48. The predicted molar refractivity (Wildman–Crippen MR) is 102 cm³/mol. The minimum Gasteiger partial charge on any atom is -0.386 e. The summed E-state index contributed by atoms with van der Waals surface area (Å²) in [5.74, 6) is 0. The normalized spacial score (nSPS) is 14.2. The van der Waals surface area contributed by atoms with Gasteiger partial charge in [0.05, 0.1) is 0 Å². The molecule has 0 aliphatic carbocycles. The van der Waals surface area contributed by atoms with Crippen molar-refractivity contribution in [3.63, 3.8) is 0 Å². The first kappa shape index (κ1) is 23.5. The van der Waals surface area contributed by atoms with Crippen molar-refractivity contribution < 1.29 is 14.8 Å². The van der Waals surface area contributed by atoms with Gasteiger partial charge in [-0.1, -0.05) is 69.8 Å². The Kier molecular flexibility index (Phi) is 16.3. The van der Waals surface area contributed by atoms with Gasteiger partial charge in [0.2, 0.25) is 6.04 Å². The molecular formula is C20H35NO4. The third kappa shape index (κ3) is 14.6. The van der Waals surface area contributed by atoms with Crippen LogP contribution in [0.3, 0.4) is 0 Å². The van der Waals surface area contributed by atoms with E-state index in [0.29, 0.717) is 12.8 Å². The van der Waals surface area contributed by atoms with E-state index in [0.717, 1.165) is 44.8 Å². The number of aliphatic hydroxyl groups is 1. The zero-order valence-corrected chi connectivity index (χ0v) is 15.6. The Morgan fingerprint density at radius 3 is 2.32 bits per heavy atom. The maximum absolute atomic E-state index is 11.2. The van der Waals surface area contributed by atoms with Crippen LogP contribution in [0.1, 0.15) is 84.0 Å². The SMILES string of the molecule is CCCCCCCCC(O)C(C/C=C\C/C=C\CCCC=O)[N+](=O)[O-]. The Bertz CT molecular complexity index is 393. The second-order valence-corrected chi connectivity index (χ2v) is 6.49. The largest absolute Gasteiger partial charge is 0.386 e. The number of hydrogen-bond acceptors (Lipinski definition) is 4. The van der Waals surface area contributed by atoms with Crippen LogP contribution in [0.4, 0.5) is 0 Å². The number of allylic oxidation sites excluding steroid dienone is 3. The molecule has 5 nitrogen and oxygen atoms in total. The smallest absolute Gasteiger partial charge is 0.241 e. The summed E-state index contributed by atoms with van der Waals surface area (Å²) in [6.45, 7) is 2.17. The van der Waals surface area contributed by atoms with E-state index in [9.17, 15) is 20.0 Å². The van der Waals surface area contributed by atoms with Gasteiger partial charge in [0.1, 0.15) is 12.4 Å². The topological polar surface area (TPSA) is 80.4 Å². The Morgan fingerprint density at radius 1 is 0.960 bits per heavy atom. The monoisotopic (exact) mass is 353 g/mol. The van der Waals surface area contributed by atoms with Crippen molar-refractivity contribution in [1.82, 2.24) is 0 Å². The van der Waals surface area contributed by atoms with E-state index in [-0.39, 0.29) is 11.3 Å². The number of aliphatic hydroxyl groups excluding tert-OH is 1. The fraction of sp³-hybridized carbons (Fsp3) is 0.750. The Labute approximate surface area is 152 Å². The van der Waals surface area contributed by atoms with Crippen molar-refractivity contribution in [1.29, 1.82) is 0 Å². The van der Waals surface area contributed by atoms with Gasteiger partial charge in [0, 0.05) is 17.8 Å². The zero-order chi connectivity index (χ0) is 18.8. The quantitative estimate of drug-likeness (QED) is 0.131. The van der Waals surface area contributed by atoms with Crippen molar-refractivity contribution in [3.8, 4) is 0 Å². The van der Waals surface area contributed by atoms with Crippen LogP contribution >= 0.6 is 0 Å². The molecule has 0 spiro atoms. The summed E-state index contributed by atoms with van der Waals surface area (Å²) in [6.07, 6.45) is 18.2.